The van der Waals surface area contributed by atoms with Crippen LogP contribution in [0, 0.1) is 0 Å². The lowest BCUT2D eigenvalue weighted by Gasteiger charge is -2.16. The van der Waals surface area contributed by atoms with Gasteiger partial charge in [0, 0.05) is 24.5 Å². The number of carbonyl (C=O) groups excluding carboxylic acids is 2. The lowest BCUT2D eigenvalue weighted by atomic mass is 10.1. The zero-order valence-electron chi connectivity index (χ0n) is 11.7. The van der Waals surface area contributed by atoms with Gasteiger partial charge in [-0.1, -0.05) is 43.3 Å². The fourth-order valence-corrected chi connectivity index (χ4v) is 2.10. The number of anilines is 1. The zero-order chi connectivity index (χ0) is 14.5. The van der Waals surface area contributed by atoms with E-state index in [9.17, 15) is 9.59 Å². The Balaban J connectivity index is 2.12. The highest BCUT2D eigenvalue weighted by Crippen LogP contribution is 2.22. The van der Waals surface area contributed by atoms with Crippen molar-refractivity contribution >= 4 is 28.3 Å². The molecular weight excluding hydrogens is 252 g/mol. The van der Waals surface area contributed by atoms with Crippen LogP contribution in [0.25, 0.3) is 10.8 Å². The summed E-state index contributed by atoms with van der Waals surface area (Å²) in [6.07, 6.45) is 0.401. The Morgan fingerprint density at radius 1 is 1.10 bits per heavy atom. The van der Waals surface area contributed by atoms with Crippen LogP contribution >= 0.6 is 0 Å². The second-order valence-electron chi connectivity index (χ2n) is 4.68. The number of nitrogens with zero attached hydrogens (tertiary/aromatic N) is 1. The summed E-state index contributed by atoms with van der Waals surface area (Å²) >= 11 is 0. The first-order valence-corrected chi connectivity index (χ1v) is 6.63. The largest absolute Gasteiger partial charge is 0.336 e. The predicted octanol–water partition coefficient (Wildman–Crippen LogP) is 2.65. The van der Waals surface area contributed by atoms with E-state index in [1.54, 1.807) is 14.0 Å². The quantitative estimate of drug-likeness (QED) is 0.928. The van der Waals surface area contributed by atoms with Crippen LogP contribution in [0.15, 0.2) is 42.5 Å². The Hall–Kier alpha value is -2.36. The minimum Gasteiger partial charge on any atom is -0.336 e. The molecule has 104 valence electrons. The molecule has 0 aliphatic heterocycles. The molecule has 0 aromatic heterocycles. The average molecular weight is 270 g/mol. The molecule has 0 radical (unpaired) electrons. The maximum atomic E-state index is 12.0. The molecule has 0 heterocycles. The summed E-state index contributed by atoms with van der Waals surface area (Å²) in [5.41, 5.74) is 0.769. The Kier molecular flexibility index (Phi) is 4.35. The molecule has 4 nitrogen and oxygen atoms in total. The summed E-state index contributed by atoms with van der Waals surface area (Å²) in [4.78, 5) is 24.9. The van der Waals surface area contributed by atoms with Crippen LogP contribution in [0.1, 0.15) is 13.3 Å². The third kappa shape index (κ3) is 3.15. The third-order valence-corrected chi connectivity index (χ3v) is 3.17. The zero-order valence-corrected chi connectivity index (χ0v) is 11.7. The highest BCUT2D eigenvalue weighted by molar-refractivity contribution is 6.03. The number of hydrogen-bond donors (Lipinski definition) is 1. The first-order chi connectivity index (χ1) is 9.61. The lowest BCUT2D eigenvalue weighted by molar-refractivity contribution is -0.133. The van der Waals surface area contributed by atoms with Crippen molar-refractivity contribution in [3.05, 3.63) is 42.5 Å². The van der Waals surface area contributed by atoms with Crippen LogP contribution in [0.2, 0.25) is 0 Å². The molecule has 2 aromatic carbocycles. The van der Waals surface area contributed by atoms with Crippen LogP contribution in [0.4, 0.5) is 5.69 Å². The fourth-order valence-electron chi connectivity index (χ4n) is 2.10. The summed E-state index contributed by atoms with van der Waals surface area (Å²) in [5, 5.41) is 4.93. The van der Waals surface area contributed by atoms with Crippen LogP contribution in [0.3, 0.4) is 0 Å². The van der Waals surface area contributed by atoms with Gasteiger partial charge in [0.1, 0.15) is 0 Å². The van der Waals surface area contributed by atoms with Gasteiger partial charge in [0.2, 0.25) is 11.8 Å². The number of nitrogens with one attached hydrogen (secondary N) is 1. The molecule has 20 heavy (non-hydrogen) atoms. The van der Waals surface area contributed by atoms with Crippen molar-refractivity contribution in [3.63, 3.8) is 0 Å². The first-order valence-electron chi connectivity index (χ1n) is 6.63. The van der Waals surface area contributed by atoms with Gasteiger partial charge in [-0.3, -0.25) is 9.59 Å². The molecule has 0 atom stereocenters. The molecule has 0 unspecified atom stereocenters. The van der Waals surface area contributed by atoms with Crippen molar-refractivity contribution in [2.24, 2.45) is 0 Å². The van der Waals surface area contributed by atoms with Crippen LogP contribution in [-0.4, -0.2) is 30.3 Å². The molecule has 0 saturated heterocycles. The monoisotopic (exact) mass is 270 g/mol. The summed E-state index contributed by atoms with van der Waals surface area (Å²) in [6.45, 7) is 1.84. The molecule has 4 heteroatoms. The van der Waals surface area contributed by atoms with Crippen molar-refractivity contribution < 1.29 is 9.59 Å². The number of rotatable bonds is 4. The van der Waals surface area contributed by atoms with Gasteiger partial charge < -0.3 is 10.2 Å². The SMILES string of the molecule is CCC(=O)N(C)CC(=O)Nc1cccc2ccccc12. The molecule has 0 fully saturated rings. The van der Waals surface area contributed by atoms with Crippen molar-refractivity contribution in [2.45, 2.75) is 13.3 Å². The van der Waals surface area contributed by atoms with Crippen molar-refractivity contribution in [1.29, 1.82) is 0 Å². The molecule has 0 spiro atoms. The van der Waals surface area contributed by atoms with Crippen molar-refractivity contribution in [1.82, 2.24) is 4.90 Å². The minimum absolute atomic E-state index is 0.0435. The predicted molar refractivity (Wildman–Crippen MR) is 80.5 cm³/mol. The maximum absolute atomic E-state index is 12.0. The van der Waals surface area contributed by atoms with Gasteiger partial charge in [-0.25, -0.2) is 0 Å². The minimum atomic E-state index is -0.189. The highest BCUT2D eigenvalue weighted by atomic mass is 16.2. The van der Waals surface area contributed by atoms with Crippen molar-refractivity contribution in [3.8, 4) is 0 Å². The number of benzene rings is 2. The van der Waals surface area contributed by atoms with E-state index in [4.69, 9.17) is 0 Å². The average Bonchev–Trinajstić information content (AvgIpc) is 2.46. The number of amides is 2. The van der Waals surface area contributed by atoms with E-state index in [0.29, 0.717) is 6.42 Å². The molecule has 2 rings (SSSR count). The van der Waals surface area contributed by atoms with Gasteiger partial charge in [-0.15, -0.1) is 0 Å². The van der Waals surface area contributed by atoms with Gasteiger partial charge in [0.15, 0.2) is 0 Å². The molecule has 1 N–H and O–H groups in total. The van der Waals surface area contributed by atoms with Crippen LogP contribution < -0.4 is 5.32 Å². The normalized spacial score (nSPS) is 10.3. The first kappa shape index (κ1) is 14.1. The Morgan fingerprint density at radius 3 is 2.55 bits per heavy atom. The topological polar surface area (TPSA) is 49.4 Å². The summed E-state index contributed by atoms with van der Waals surface area (Å²) in [5.74, 6) is -0.233. The Bertz CT molecular complexity index is 632. The number of likely N-dealkylation sites (N-methyl/N-ethyl adjacent to an activating group) is 1. The van der Waals surface area contributed by atoms with Gasteiger partial charge >= 0.3 is 0 Å². The summed E-state index contributed by atoms with van der Waals surface area (Å²) < 4.78 is 0. The fraction of sp³-hybridized carbons (Fsp3) is 0.250. The van der Waals surface area contributed by atoms with E-state index in [1.165, 1.54) is 4.90 Å². The number of carbonyl (C=O) groups is 2. The van der Waals surface area contributed by atoms with Crippen molar-refractivity contribution in [2.75, 3.05) is 18.9 Å². The lowest BCUT2D eigenvalue weighted by Crippen LogP contribution is -2.34. The molecule has 2 aromatic rings. The van der Waals surface area contributed by atoms with E-state index >= 15 is 0 Å². The van der Waals surface area contributed by atoms with E-state index in [-0.39, 0.29) is 18.4 Å². The number of fused-ring (bicyclic) bond motifs is 1. The van der Waals surface area contributed by atoms with E-state index in [1.807, 2.05) is 42.5 Å². The summed E-state index contributed by atoms with van der Waals surface area (Å²) in [6, 6.07) is 13.6. The van der Waals surface area contributed by atoms with Crippen LogP contribution in [-0.2, 0) is 9.59 Å². The molecule has 0 saturated carbocycles. The molecule has 0 aliphatic rings. The number of hydrogen-bond acceptors (Lipinski definition) is 2. The molecule has 2 amide bonds. The highest BCUT2D eigenvalue weighted by Gasteiger charge is 2.11. The van der Waals surface area contributed by atoms with E-state index in [2.05, 4.69) is 5.32 Å². The summed E-state index contributed by atoms with van der Waals surface area (Å²) in [7, 11) is 1.63. The van der Waals surface area contributed by atoms with Gasteiger partial charge in [-0.2, -0.15) is 0 Å². The third-order valence-electron chi connectivity index (χ3n) is 3.17. The van der Waals surface area contributed by atoms with E-state index in [0.717, 1.165) is 16.5 Å². The molecule has 0 aliphatic carbocycles. The standard InChI is InChI=1S/C16H18N2O2/c1-3-16(20)18(2)11-15(19)17-14-10-6-8-12-7-4-5-9-13(12)14/h4-10H,3,11H2,1-2H3,(H,17,19). The van der Waals surface area contributed by atoms with Gasteiger partial charge in [-0.05, 0) is 11.5 Å². The second-order valence-corrected chi connectivity index (χ2v) is 4.68. The smallest absolute Gasteiger partial charge is 0.243 e. The maximum Gasteiger partial charge on any atom is 0.243 e. The van der Waals surface area contributed by atoms with Crippen LogP contribution in [0.5, 0.6) is 0 Å². The van der Waals surface area contributed by atoms with Gasteiger partial charge in [0.05, 0.1) is 6.54 Å². The second kappa shape index (κ2) is 6.19. The van der Waals surface area contributed by atoms with E-state index < -0.39 is 0 Å². The van der Waals surface area contributed by atoms with Gasteiger partial charge in [0.25, 0.3) is 0 Å². The molecule has 0 bridgehead atoms. The molecular formula is C16H18N2O2. The Labute approximate surface area is 118 Å². The Morgan fingerprint density at radius 2 is 1.80 bits per heavy atom.